The van der Waals surface area contributed by atoms with Gasteiger partial charge in [0.1, 0.15) is 0 Å². The summed E-state index contributed by atoms with van der Waals surface area (Å²) >= 11 is 2.96. The summed E-state index contributed by atoms with van der Waals surface area (Å²) < 4.78 is 17.0. The number of aromatic nitrogens is 2. The fourth-order valence-electron chi connectivity index (χ4n) is 2.83. The number of nitrogens with zero attached hydrogens (tertiary/aromatic N) is 2. The van der Waals surface area contributed by atoms with Crippen molar-refractivity contribution in [3.63, 3.8) is 0 Å². The molecule has 30 heavy (non-hydrogen) atoms. The molecule has 0 aliphatic heterocycles. The molecule has 0 bridgehead atoms. The minimum absolute atomic E-state index is 0.136. The van der Waals surface area contributed by atoms with E-state index in [2.05, 4.69) is 27.6 Å². The fraction of sp³-hybridized carbons (Fsp3) is 0.286. The Hall–Kier alpha value is -2.78. The SMILES string of the molecule is COc1ccc(CCC(=O)Nc2nnc(SCc3ccccc3)s2)c(OC)c1OC. The first-order valence-corrected chi connectivity index (χ1v) is 11.0. The van der Waals surface area contributed by atoms with Gasteiger partial charge in [0.2, 0.25) is 16.8 Å². The summed E-state index contributed by atoms with van der Waals surface area (Å²) in [5, 5.41) is 11.5. The third-order valence-corrected chi connectivity index (χ3v) is 6.31. The summed E-state index contributed by atoms with van der Waals surface area (Å²) in [7, 11) is 4.69. The minimum Gasteiger partial charge on any atom is -0.493 e. The van der Waals surface area contributed by atoms with Crippen molar-refractivity contribution >= 4 is 34.1 Å². The molecule has 3 aromatic rings. The molecule has 0 atom stereocenters. The van der Waals surface area contributed by atoms with Gasteiger partial charge in [0.05, 0.1) is 21.3 Å². The molecular weight excluding hydrogens is 422 g/mol. The van der Waals surface area contributed by atoms with Crippen LogP contribution in [0, 0.1) is 0 Å². The second kappa shape index (κ2) is 10.8. The van der Waals surface area contributed by atoms with Gasteiger partial charge in [0, 0.05) is 12.2 Å². The van der Waals surface area contributed by atoms with Gasteiger partial charge in [-0.1, -0.05) is 59.5 Å². The fourth-order valence-corrected chi connectivity index (χ4v) is 4.55. The van der Waals surface area contributed by atoms with E-state index >= 15 is 0 Å². The molecule has 0 spiro atoms. The number of hydrogen-bond acceptors (Lipinski definition) is 8. The lowest BCUT2D eigenvalue weighted by atomic mass is 10.1. The molecular formula is C21H23N3O4S2. The highest BCUT2D eigenvalue weighted by Gasteiger charge is 2.17. The van der Waals surface area contributed by atoms with Crippen LogP contribution in [0.25, 0.3) is 0 Å². The normalized spacial score (nSPS) is 10.5. The molecule has 0 unspecified atom stereocenters. The molecule has 0 saturated carbocycles. The van der Waals surface area contributed by atoms with Crippen LogP contribution in [0.1, 0.15) is 17.5 Å². The van der Waals surface area contributed by atoms with Crippen LogP contribution in [0.2, 0.25) is 0 Å². The number of benzene rings is 2. The first-order chi connectivity index (χ1) is 14.6. The Labute approximate surface area is 183 Å². The van der Waals surface area contributed by atoms with Gasteiger partial charge in [-0.3, -0.25) is 4.79 Å². The number of nitrogens with one attached hydrogen (secondary N) is 1. The van der Waals surface area contributed by atoms with E-state index < -0.39 is 0 Å². The van der Waals surface area contributed by atoms with Crippen molar-refractivity contribution in [3.05, 3.63) is 53.6 Å². The van der Waals surface area contributed by atoms with Crippen LogP contribution in [0.15, 0.2) is 46.8 Å². The number of hydrogen-bond donors (Lipinski definition) is 1. The van der Waals surface area contributed by atoms with Crippen molar-refractivity contribution < 1.29 is 19.0 Å². The highest BCUT2D eigenvalue weighted by molar-refractivity contribution is 8.00. The summed E-state index contributed by atoms with van der Waals surface area (Å²) in [6.07, 6.45) is 0.766. The maximum absolute atomic E-state index is 12.4. The Bertz CT molecular complexity index is 980. The third kappa shape index (κ3) is 5.64. The van der Waals surface area contributed by atoms with Crippen molar-refractivity contribution in [1.82, 2.24) is 10.2 Å². The number of carbonyl (C=O) groups is 1. The maximum atomic E-state index is 12.4. The molecule has 9 heteroatoms. The summed E-state index contributed by atoms with van der Waals surface area (Å²) in [6.45, 7) is 0. The van der Waals surface area contributed by atoms with E-state index in [4.69, 9.17) is 14.2 Å². The highest BCUT2D eigenvalue weighted by atomic mass is 32.2. The van der Waals surface area contributed by atoms with Crippen molar-refractivity contribution in [1.29, 1.82) is 0 Å². The number of carbonyl (C=O) groups excluding carboxylic acids is 1. The van der Waals surface area contributed by atoms with Gasteiger partial charge in [0.15, 0.2) is 15.8 Å². The molecule has 2 aromatic carbocycles. The number of aryl methyl sites for hydroxylation is 1. The average molecular weight is 446 g/mol. The predicted molar refractivity (Wildman–Crippen MR) is 119 cm³/mol. The molecule has 0 fully saturated rings. The van der Waals surface area contributed by atoms with Gasteiger partial charge >= 0.3 is 0 Å². The van der Waals surface area contributed by atoms with Gasteiger partial charge in [0.25, 0.3) is 0 Å². The lowest BCUT2D eigenvalue weighted by molar-refractivity contribution is -0.116. The van der Waals surface area contributed by atoms with Crippen LogP contribution in [0.4, 0.5) is 5.13 Å². The average Bonchev–Trinajstić information content (AvgIpc) is 3.23. The van der Waals surface area contributed by atoms with E-state index in [1.807, 2.05) is 24.3 Å². The van der Waals surface area contributed by atoms with E-state index in [1.54, 1.807) is 39.2 Å². The molecule has 1 N–H and O–H groups in total. The second-order valence-electron chi connectivity index (χ2n) is 6.19. The number of thioether (sulfide) groups is 1. The van der Waals surface area contributed by atoms with Crippen LogP contribution in [-0.2, 0) is 17.0 Å². The van der Waals surface area contributed by atoms with Crippen LogP contribution in [0.5, 0.6) is 17.2 Å². The van der Waals surface area contributed by atoms with Crippen LogP contribution < -0.4 is 19.5 Å². The largest absolute Gasteiger partial charge is 0.493 e. The van der Waals surface area contributed by atoms with Crippen molar-refractivity contribution in [2.75, 3.05) is 26.6 Å². The van der Waals surface area contributed by atoms with Crippen LogP contribution in [0.3, 0.4) is 0 Å². The zero-order chi connectivity index (χ0) is 21.3. The molecule has 0 aliphatic rings. The van der Waals surface area contributed by atoms with E-state index in [0.29, 0.717) is 28.8 Å². The Balaban J connectivity index is 1.55. The molecule has 1 amide bonds. The predicted octanol–water partition coefficient (Wildman–Crippen LogP) is 4.43. The lowest BCUT2D eigenvalue weighted by Gasteiger charge is -2.15. The third-order valence-electron chi connectivity index (χ3n) is 4.27. The Kier molecular flexibility index (Phi) is 7.92. The van der Waals surface area contributed by atoms with E-state index in [9.17, 15) is 4.79 Å². The van der Waals surface area contributed by atoms with Gasteiger partial charge in [-0.25, -0.2) is 0 Å². The highest BCUT2D eigenvalue weighted by Crippen LogP contribution is 2.40. The summed E-state index contributed by atoms with van der Waals surface area (Å²) in [4.78, 5) is 12.4. The smallest absolute Gasteiger partial charge is 0.226 e. The molecule has 1 aromatic heterocycles. The summed E-state index contributed by atoms with van der Waals surface area (Å²) in [5.74, 6) is 2.34. The molecule has 0 saturated heterocycles. The van der Waals surface area contributed by atoms with Gasteiger partial charge in [-0.15, -0.1) is 10.2 Å². The summed E-state index contributed by atoms with van der Waals surface area (Å²) in [5.41, 5.74) is 2.08. The van der Waals surface area contributed by atoms with Crippen molar-refractivity contribution in [3.8, 4) is 17.2 Å². The molecule has 0 aliphatic carbocycles. The summed E-state index contributed by atoms with van der Waals surface area (Å²) in [6, 6.07) is 13.8. The monoisotopic (exact) mass is 445 g/mol. The second-order valence-corrected chi connectivity index (χ2v) is 8.39. The van der Waals surface area contributed by atoms with Crippen LogP contribution in [-0.4, -0.2) is 37.4 Å². The Morgan fingerprint density at radius 2 is 1.77 bits per heavy atom. The van der Waals surface area contributed by atoms with Crippen molar-refractivity contribution in [2.45, 2.75) is 22.9 Å². The van der Waals surface area contributed by atoms with Gasteiger partial charge in [-0.2, -0.15) is 0 Å². The Morgan fingerprint density at radius 3 is 2.47 bits per heavy atom. The zero-order valence-corrected chi connectivity index (χ0v) is 18.6. The van der Waals surface area contributed by atoms with Gasteiger partial charge < -0.3 is 19.5 Å². The molecule has 7 nitrogen and oxygen atoms in total. The maximum Gasteiger partial charge on any atom is 0.226 e. The Morgan fingerprint density at radius 1 is 1.00 bits per heavy atom. The van der Waals surface area contributed by atoms with Crippen LogP contribution >= 0.6 is 23.1 Å². The molecule has 3 rings (SSSR count). The van der Waals surface area contributed by atoms with E-state index in [1.165, 1.54) is 16.9 Å². The number of amides is 1. The minimum atomic E-state index is -0.136. The zero-order valence-electron chi connectivity index (χ0n) is 17.0. The standard InChI is InChI=1S/C21H23N3O4S2/c1-26-16-11-9-15(18(27-2)19(16)28-3)10-12-17(25)22-20-23-24-21(30-20)29-13-14-7-5-4-6-8-14/h4-9,11H,10,12-13H2,1-3H3,(H,22,23,25). The van der Waals surface area contributed by atoms with E-state index in [0.717, 1.165) is 15.7 Å². The topological polar surface area (TPSA) is 82.6 Å². The first kappa shape index (κ1) is 21.9. The van der Waals surface area contributed by atoms with E-state index in [-0.39, 0.29) is 12.3 Å². The number of rotatable bonds is 10. The molecule has 158 valence electrons. The van der Waals surface area contributed by atoms with Gasteiger partial charge in [-0.05, 0) is 23.6 Å². The first-order valence-electron chi connectivity index (χ1n) is 9.22. The van der Waals surface area contributed by atoms with Crippen molar-refractivity contribution in [2.24, 2.45) is 0 Å². The number of ether oxygens (including phenoxy) is 3. The number of methoxy groups -OCH3 is 3. The molecule has 1 heterocycles. The number of anilines is 1. The quantitative estimate of drug-likeness (QED) is 0.365. The molecule has 0 radical (unpaired) electrons. The lowest BCUT2D eigenvalue weighted by Crippen LogP contribution is -2.12.